The van der Waals surface area contributed by atoms with Gasteiger partial charge in [0.25, 0.3) is 0 Å². The van der Waals surface area contributed by atoms with E-state index >= 15 is 0 Å². The maximum Gasteiger partial charge on any atom is 0.340 e. The number of piperidine rings is 1. The predicted molar refractivity (Wildman–Crippen MR) is 99.2 cm³/mol. The van der Waals surface area contributed by atoms with E-state index in [4.69, 9.17) is 9.15 Å². The Labute approximate surface area is 156 Å². The molecule has 0 saturated carbocycles. The number of methoxy groups -OCH3 is 1. The molecule has 7 heteroatoms. The summed E-state index contributed by atoms with van der Waals surface area (Å²) in [6.07, 6.45) is 1.08. The maximum absolute atomic E-state index is 12.7. The SMILES string of the molecule is COc1cc(C)cc2oc(=O)c(CC(=O)N3CCC[C@H](C(=O)O)C3)c(C)c12. The van der Waals surface area contributed by atoms with Crippen molar-refractivity contribution in [3.63, 3.8) is 0 Å². The number of carboxylic acids is 1. The van der Waals surface area contributed by atoms with Crippen molar-refractivity contribution in [2.24, 2.45) is 5.92 Å². The van der Waals surface area contributed by atoms with Crippen LogP contribution in [0.25, 0.3) is 11.0 Å². The fraction of sp³-hybridized carbons (Fsp3) is 0.450. The number of carbonyl (C=O) groups excluding carboxylic acids is 1. The third-order valence-corrected chi connectivity index (χ3v) is 5.16. The highest BCUT2D eigenvalue weighted by molar-refractivity contribution is 5.89. The van der Waals surface area contributed by atoms with Crippen LogP contribution in [0.4, 0.5) is 0 Å². The average molecular weight is 373 g/mol. The van der Waals surface area contributed by atoms with Crippen LogP contribution in [0.15, 0.2) is 21.3 Å². The molecule has 0 bridgehead atoms. The number of aliphatic carboxylic acids is 1. The second kappa shape index (κ2) is 7.42. The molecular formula is C20H23NO6. The molecule has 3 rings (SSSR count). The summed E-state index contributed by atoms with van der Waals surface area (Å²) in [5.74, 6) is -1.13. The highest BCUT2D eigenvalue weighted by Gasteiger charge is 2.29. The highest BCUT2D eigenvalue weighted by atomic mass is 16.5. The Bertz CT molecular complexity index is 961. The van der Waals surface area contributed by atoms with Gasteiger partial charge < -0.3 is 19.2 Å². The normalized spacial score (nSPS) is 17.1. The Kier molecular flexibility index (Phi) is 5.21. The van der Waals surface area contributed by atoms with Gasteiger partial charge in [0, 0.05) is 13.1 Å². The van der Waals surface area contributed by atoms with Gasteiger partial charge in [-0.2, -0.15) is 0 Å². The number of amides is 1. The van der Waals surface area contributed by atoms with Crippen molar-refractivity contribution in [2.45, 2.75) is 33.1 Å². The Morgan fingerprint density at radius 3 is 2.74 bits per heavy atom. The third-order valence-electron chi connectivity index (χ3n) is 5.16. The second-order valence-corrected chi connectivity index (χ2v) is 7.03. The zero-order valence-electron chi connectivity index (χ0n) is 15.7. The van der Waals surface area contributed by atoms with E-state index in [-0.39, 0.29) is 24.4 Å². The number of nitrogens with zero attached hydrogens (tertiary/aromatic N) is 1. The number of aryl methyl sites for hydroxylation is 2. The van der Waals surface area contributed by atoms with Gasteiger partial charge in [-0.1, -0.05) is 0 Å². The summed E-state index contributed by atoms with van der Waals surface area (Å²) in [5.41, 5.74) is 1.71. The number of fused-ring (bicyclic) bond motifs is 1. The fourth-order valence-electron chi connectivity index (χ4n) is 3.67. The van der Waals surface area contributed by atoms with Gasteiger partial charge in [0.1, 0.15) is 11.3 Å². The van der Waals surface area contributed by atoms with Gasteiger partial charge in [-0.05, 0) is 49.9 Å². The first kappa shape index (κ1) is 18.9. The first-order valence-electron chi connectivity index (χ1n) is 8.93. The first-order chi connectivity index (χ1) is 12.8. The largest absolute Gasteiger partial charge is 0.496 e. The molecule has 1 fully saturated rings. The second-order valence-electron chi connectivity index (χ2n) is 7.03. The van der Waals surface area contributed by atoms with Gasteiger partial charge in [-0.3, -0.25) is 9.59 Å². The van der Waals surface area contributed by atoms with Crippen molar-refractivity contribution in [3.8, 4) is 5.75 Å². The predicted octanol–water partition coefficient (Wildman–Crippen LogP) is 2.28. The summed E-state index contributed by atoms with van der Waals surface area (Å²) in [6, 6.07) is 3.61. The minimum absolute atomic E-state index is 0.118. The number of likely N-dealkylation sites (tertiary alicyclic amines) is 1. The maximum atomic E-state index is 12.7. The Morgan fingerprint density at radius 1 is 1.33 bits per heavy atom. The Hall–Kier alpha value is -2.83. The molecule has 7 nitrogen and oxygen atoms in total. The number of hydrogen-bond donors (Lipinski definition) is 1. The Balaban J connectivity index is 1.95. The van der Waals surface area contributed by atoms with Gasteiger partial charge in [0.15, 0.2) is 0 Å². The highest BCUT2D eigenvalue weighted by Crippen LogP contribution is 2.31. The summed E-state index contributed by atoms with van der Waals surface area (Å²) in [7, 11) is 1.54. The molecule has 1 aliphatic rings. The zero-order valence-corrected chi connectivity index (χ0v) is 15.7. The van der Waals surface area contributed by atoms with E-state index in [0.717, 1.165) is 5.56 Å². The van der Waals surface area contributed by atoms with Gasteiger partial charge in [0.05, 0.1) is 30.4 Å². The van der Waals surface area contributed by atoms with E-state index in [0.29, 0.717) is 41.7 Å². The standard InChI is InChI=1S/C20H23NO6/c1-11-7-15(26-3)18-12(2)14(20(25)27-16(18)8-11)9-17(22)21-6-4-5-13(10-21)19(23)24/h7-8,13H,4-6,9-10H2,1-3H3,(H,23,24)/t13-/m0/s1. The lowest BCUT2D eigenvalue weighted by Crippen LogP contribution is -2.43. The summed E-state index contributed by atoms with van der Waals surface area (Å²) < 4.78 is 10.9. The lowest BCUT2D eigenvalue weighted by Gasteiger charge is -2.30. The molecule has 0 spiro atoms. The van der Waals surface area contributed by atoms with E-state index in [1.54, 1.807) is 20.1 Å². The minimum atomic E-state index is -0.894. The number of carboxylic acid groups (broad SMARTS) is 1. The molecule has 0 unspecified atom stereocenters. The topological polar surface area (TPSA) is 97.0 Å². The van der Waals surface area contributed by atoms with Gasteiger partial charge >= 0.3 is 11.6 Å². The molecule has 2 aromatic rings. The molecule has 0 radical (unpaired) electrons. The molecule has 0 aliphatic carbocycles. The summed E-state index contributed by atoms with van der Waals surface area (Å²) in [6.45, 7) is 4.33. The molecule has 1 saturated heterocycles. The molecule has 2 heterocycles. The number of rotatable bonds is 4. The smallest absolute Gasteiger partial charge is 0.340 e. The lowest BCUT2D eigenvalue weighted by atomic mass is 9.97. The average Bonchev–Trinajstić information content (AvgIpc) is 2.63. The number of ether oxygens (including phenoxy) is 1. The van der Waals surface area contributed by atoms with Crippen molar-refractivity contribution < 1.29 is 23.8 Å². The van der Waals surface area contributed by atoms with Gasteiger partial charge in [-0.25, -0.2) is 4.79 Å². The Morgan fingerprint density at radius 2 is 2.07 bits per heavy atom. The molecule has 1 N–H and O–H groups in total. The van der Waals surface area contributed by atoms with Crippen LogP contribution >= 0.6 is 0 Å². The summed E-state index contributed by atoms with van der Waals surface area (Å²) >= 11 is 0. The zero-order chi connectivity index (χ0) is 19.7. The van der Waals surface area contributed by atoms with Crippen molar-refractivity contribution >= 4 is 22.8 Å². The van der Waals surface area contributed by atoms with Crippen LogP contribution < -0.4 is 10.4 Å². The van der Waals surface area contributed by atoms with Crippen molar-refractivity contribution in [3.05, 3.63) is 39.2 Å². The van der Waals surface area contributed by atoms with E-state index < -0.39 is 17.5 Å². The van der Waals surface area contributed by atoms with Crippen LogP contribution in [0.5, 0.6) is 5.75 Å². The first-order valence-corrected chi connectivity index (χ1v) is 8.93. The van der Waals surface area contributed by atoms with Crippen LogP contribution in [0.3, 0.4) is 0 Å². The molecule has 1 aromatic carbocycles. The van der Waals surface area contributed by atoms with E-state index in [2.05, 4.69) is 0 Å². The number of benzene rings is 1. The van der Waals surface area contributed by atoms with Crippen molar-refractivity contribution in [1.29, 1.82) is 0 Å². The van der Waals surface area contributed by atoms with Gasteiger partial charge in [-0.15, -0.1) is 0 Å². The quantitative estimate of drug-likeness (QED) is 0.826. The fourth-order valence-corrected chi connectivity index (χ4v) is 3.67. The van der Waals surface area contributed by atoms with E-state index in [1.807, 2.05) is 13.0 Å². The molecule has 27 heavy (non-hydrogen) atoms. The number of hydrogen-bond acceptors (Lipinski definition) is 5. The van der Waals surface area contributed by atoms with Crippen LogP contribution in [-0.4, -0.2) is 42.1 Å². The van der Waals surface area contributed by atoms with Crippen LogP contribution in [0, 0.1) is 19.8 Å². The third kappa shape index (κ3) is 3.67. The van der Waals surface area contributed by atoms with Gasteiger partial charge in [0.2, 0.25) is 5.91 Å². The van der Waals surface area contributed by atoms with Crippen molar-refractivity contribution in [1.82, 2.24) is 4.90 Å². The molecule has 1 aromatic heterocycles. The minimum Gasteiger partial charge on any atom is -0.496 e. The molecule has 144 valence electrons. The monoisotopic (exact) mass is 373 g/mol. The number of carbonyl (C=O) groups is 2. The van der Waals surface area contributed by atoms with E-state index in [9.17, 15) is 19.5 Å². The van der Waals surface area contributed by atoms with Crippen LogP contribution in [-0.2, 0) is 16.0 Å². The van der Waals surface area contributed by atoms with E-state index in [1.165, 1.54) is 4.90 Å². The van der Waals surface area contributed by atoms with Crippen molar-refractivity contribution in [2.75, 3.05) is 20.2 Å². The molecular weight excluding hydrogens is 350 g/mol. The molecule has 1 aliphatic heterocycles. The lowest BCUT2D eigenvalue weighted by molar-refractivity contribution is -0.145. The summed E-state index contributed by atoms with van der Waals surface area (Å²) in [5, 5.41) is 9.87. The summed E-state index contributed by atoms with van der Waals surface area (Å²) in [4.78, 5) is 37.9. The van der Waals surface area contributed by atoms with Crippen LogP contribution in [0.2, 0.25) is 0 Å². The molecule has 1 atom stereocenters. The van der Waals surface area contributed by atoms with Crippen LogP contribution in [0.1, 0.15) is 29.5 Å². The molecule has 1 amide bonds.